The average Bonchev–Trinajstić information content (AvgIpc) is 3.04. The van der Waals surface area contributed by atoms with Gasteiger partial charge in [0.1, 0.15) is 0 Å². The van der Waals surface area contributed by atoms with E-state index in [-0.39, 0.29) is 14.9 Å². The second-order valence-corrected chi connectivity index (χ2v) is 12.3. The molecule has 0 saturated carbocycles. The van der Waals surface area contributed by atoms with Crippen molar-refractivity contribution in [2.75, 3.05) is 0 Å². The molecule has 0 aromatic heterocycles. The zero-order valence-electron chi connectivity index (χ0n) is 34.5. The molecule has 0 unspecified atom stereocenters. The summed E-state index contributed by atoms with van der Waals surface area (Å²) in [7, 11) is 0. The first-order valence-electron chi connectivity index (χ1n) is 20.9. The van der Waals surface area contributed by atoms with Gasteiger partial charge in [0, 0.05) is 0 Å². The minimum atomic E-state index is 0. The van der Waals surface area contributed by atoms with Crippen LogP contribution >= 0.6 is 0 Å². The maximum atomic E-state index is 2.25. The molecule has 0 spiro atoms. The molecular weight excluding hydrogens is 540 g/mol. The molecule has 0 aliphatic rings. The van der Waals surface area contributed by atoms with Crippen LogP contribution in [0.5, 0.6) is 0 Å². The Morgan fingerprint density at radius 1 is 0.133 bits per heavy atom. The smallest absolute Gasteiger partial charge is 0.0533 e. The van der Waals surface area contributed by atoms with Crippen LogP contribution in [0.2, 0.25) is 0 Å². The molecule has 0 saturated heterocycles. The Morgan fingerprint density at radius 2 is 0.222 bits per heavy atom. The summed E-state index contributed by atoms with van der Waals surface area (Å²) in [5.41, 5.74) is 0. The van der Waals surface area contributed by atoms with E-state index in [1.807, 2.05) is 0 Å². The summed E-state index contributed by atoms with van der Waals surface area (Å²) in [6, 6.07) is 0. The second kappa shape index (κ2) is 96.7. The molecule has 0 aromatic carbocycles. The Kier molecular flexibility index (Phi) is 145. The molecule has 0 nitrogen and oxygen atoms in total. The Morgan fingerprint density at radius 3 is 0.267 bits per heavy atom. The molecule has 0 bridgehead atoms. The third-order valence-electron chi connectivity index (χ3n) is 7.04. The van der Waals surface area contributed by atoms with E-state index >= 15 is 0 Å². The van der Waals surface area contributed by atoms with Crippen LogP contribution in [0, 0.1) is 0 Å². The first-order valence-corrected chi connectivity index (χ1v) is 20.9. The van der Waals surface area contributed by atoms with Gasteiger partial charge in [0.2, 0.25) is 0 Å². The molecule has 0 amide bonds. The van der Waals surface area contributed by atoms with Crippen LogP contribution in [-0.2, 0) is 0 Å². The fourth-order valence-corrected chi connectivity index (χ4v) is 3.38. The van der Waals surface area contributed by atoms with E-state index in [9.17, 15) is 0 Å². The third-order valence-corrected chi connectivity index (χ3v) is 7.04. The molecule has 0 aliphatic heterocycles. The molecule has 45 heavy (non-hydrogen) atoms. The van der Waals surface area contributed by atoms with Crippen LogP contribution in [0.1, 0.15) is 298 Å². The van der Waals surface area contributed by atoms with Crippen molar-refractivity contribution >= 4 is 0 Å². The van der Waals surface area contributed by atoms with Crippen LogP contribution in [0.15, 0.2) is 0 Å². The fourth-order valence-electron chi connectivity index (χ4n) is 3.38. The molecular formula is C45H108. The van der Waals surface area contributed by atoms with Crippen molar-refractivity contribution in [3.05, 3.63) is 0 Å². The van der Waals surface area contributed by atoms with Crippen molar-refractivity contribution in [1.82, 2.24) is 0 Å². The summed E-state index contributed by atoms with van der Waals surface area (Å²) >= 11 is 0. The first kappa shape index (κ1) is 67.2. The highest BCUT2D eigenvalue weighted by Crippen LogP contribution is 2.02. The second-order valence-electron chi connectivity index (χ2n) is 12.3. The summed E-state index contributed by atoms with van der Waals surface area (Å²) in [4.78, 5) is 0. The number of hydrogen-bond acceptors (Lipinski definition) is 0. The van der Waals surface area contributed by atoms with Crippen molar-refractivity contribution in [3.63, 3.8) is 0 Å². The van der Waals surface area contributed by atoms with E-state index < -0.39 is 0 Å². The van der Waals surface area contributed by atoms with E-state index in [1.165, 1.54) is 186 Å². The summed E-state index contributed by atoms with van der Waals surface area (Å²) in [6.45, 7) is 31.2. The van der Waals surface area contributed by atoms with Gasteiger partial charge in [-0.1, -0.05) is 298 Å². The van der Waals surface area contributed by atoms with Gasteiger partial charge in [0.05, 0.1) is 0 Å². The Hall–Kier alpha value is 0. The zero-order valence-corrected chi connectivity index (χ0v) is 34.5. The summed E-state index contributed by atoms with van der Waals surface area (Å²) in [6.07, 6.45) is 40.3. The van der Waals surface area contributed by atoms with E-state index in [1.54, 1.807) is 0 Å². The molecule has 0 aliphatic carbocycles. The Balaban J connectivity index is -0.0000000481. The molecule has 0 N–H and O–H groups in total. The first-order chi connectivity index (χ1) is 20.9. The van der Waals surface area contributed by atoms with Crippen LogP contribution in [0.3, 0.4) is 0 Å². The lowest BCUT2D eigenvalue weighted by atomic mass is 10.2. The van der Waals surface area contributed by atoms with Crippen molar-refractivity contribution < 1.29 is 0 Å². The van der Waals surface area contributed by atoms with Gasteiger partial charge >= 0.3 is 0 Å². The van der Waals surface area contributed by atoms with Gasteiger partial charge in [-0.25, -0.2) is 0 Å². The lowest BCUT2D eigenvalue weighted by molar-refractivity contribution is 0.656. The highest BCUT2D eigenvalue weighted by atomic mass is 13.9. The maximum absolute atomic E-state index is 2.25. The lowest BCUT2D eigenvalue weighted by Crippen LogP contribution is -1.70. The highest BCUT2D eigenvalue weighted by molar-refractivity contribution is 4.38. The summed E-state index contributed by atoms with van der Waals surface area (Å²) in [5, 5.41) is 0. The Labute approximate surface area is 297 Å². The lowest BCUT2D eigenvalue weighted by Gasteiger charge is -1.90. The Bertz CT molecular complexity index is 196. The van der Waals surface area contributed by atoms with Gasteiger partial charge in [-0.15, -0.1) is 0 Å². The molecule has 0 heteroatoms. The fraction of sp³-hybridized carbons (Fsp3) is 1.00. The normalized spacial score (nSPS) is 8.67. The molecule has 288 valence electrons. The van der Waals surface area contributed by atoms with Gasteiger partial charge in [-0.3, -0.25) is 0 Å². The van der Waals surface area contributed by atoms with E-state index in [0.717, 1.165) is 0 Å². The van der Waals surface area contributed by atoms with Crippen molar-refractivity contribution in [1.29, 1.82) is 0 Å². The predicted octanol–water partition coefficient (Wildman–Crippen LogP) is 19.8. The number of hydrogen-bond donors (Lipinski definition) is 0. The predicted molar refractivity (Wildman–Crippen MR) is 227 cm³/mol. The van der Waals surface area contributed by atoms with E-state index in [0.29, 0.717) is 0 Å². The number of unbranched alkanes of at least 4 members (excludes halogenated alkanes) is 22. The molecule has 0 fully saturated rings. The molecule has 0 atom stereocenters. The van der Waals surface area contributed by atoms with Crippen molar-refractivity contribution in [3.8, 4) is 0 Å². The average molecular weight is 649 g/mol. The highest BCUT2D eigenvalue weighted by Gasteiger charge is 1.82. The number of rotatable bonds is 22. The van der Waals surface area contributed by atoms with Crippen molar-refractivity contribution in [2.24, 2.45) is 0 Å². The SMILES string of the molecule is C.C.CCCC.CCCC.CCCCCCC.CCCCCCC.CCCCCCC.CCCCCCC.CCCCCCC. The van der Waals surface area contributed by atoms with Crippen LogP contribution in [-0.4, -0.2) is 0 Å². The maximum Gasteiger partial charge on any atom is -0.0533 e. The largest absolute Gasteiger partial charge is 0.0776 e. The van der Waals surface area contributed by atoms with Gasteiger partial charge in [-0.2, -0.15) is 0 Å². The molecule has 0 rings (SSSR count). The molecule has 0 heterocycles. The standard InChI is InChI=1S/5C7H16.2C4H10.2CH4/c5*1-3-5-7-6-4-2;2*1-3-4-2;;/h5*3-7H2,1-2H3;2*3-4H2,1-2H3;2*1H4. The summed E-state index contributed by atoms with van der Waals surface area (Å²) in [5.74, 6) is 0. The monoisotopic (exact) mass is 649 g/mol. The van der Waals surface area contributed by atoms with Crippen molar-refractivity contribution in [2.45, 2.75) is 298 Å². The topological polar surface area (TPSA) is 0 Å². The summed E-state index contributed by atoms with van der Waals surface area (Å²) < 4.78 is 0. The van der Waals surface area contributed by atoms with Crippen LogP contribution in [0.25, 0.3) is 0 Å². The van der Waals surface area contributed by atoms with E-state index in [4.69, 9.17) is 0 Å². The van der Waals surface area contributed by atoms with Gasteiger partial charge < -0.3 is 0 Å². The molecule has 0 aromatic rings. The van der Waals surface area contributed by atoms with Crippen LogP contribution < -0.4 is 0 Å². The minimum Gasteiger partial charge on any atom is -0.0776 e. The quantitative estimate of drug-likeness (QED) is 0.102. The van der Waals surface area contributed by atoms with Gasteiger partial charge in [0.15, 0.2) is 0 Å². The van der Waals surface area contributed by atoms with E-state index in [2.05, 4.69) is 96.9 Å². The third kappa shape index (κ3) is 160. The molecule has 0 radical (unpaired) electrons. The van der Waals surface area contributed by atoms with Gasteiger partial charge in [0.25, 0.3) is 0 Å². The van der Waals surface area contributed by atoms with Gasteiger partial charge in [-0.05, 0) is 0 Å². The minimum absolute atomic E-state index is 0. The van der Waals surface area contributed by atoms with Crippen LogP contribution in [0.4, 0.5) is 0 Å². The zero-order chi connectivity index (χ0) is 34.5.